The van der Waals surface area contributed by atoms with Crippen molar-refractivity contribution in [3.8, 4) is 5.75 Å². The number of carbonyl (C=O) groups is 2. The summed E-state index contributed by atoms with van der Waals surface area (Å²) in [6.07, 6.45) is 2.78. The van der Waals surface area contributed by atoms with Crippen LogP contribution in [-0.2, 0) is 16.1 Å². The maximum atomic E-state index is 13.2. The van der Waals surface area contributed by atoms with Crippen LogP contribution in [0.25, 0.3) is 0 Å². The number of methoxy groups -OCH3 is 1. The second-order valence-corrected chi connectivity index (χ2v) is 8.06. The van der Waals surface area contributed by atoms with Gasteiger partial charge < -0.3 is 15.0 Å². The number of halogens is 1. The van der Waals surface area contributed by atoms with Crippen molar-refractivity contribution in [2.45, 2.75) is 45.2 Å². The molecule has 30 heavy (non-hydrogen) atoms. The molecule has 2 atom stereocenters. The molecule has 0 aliphatic carbocycles. The predicted molar refractivity (Wildman–Crippen MR) is 118 cm³/mol. The number of para-hydroxylation sites is 1. The molecule has 5 nitrogen and oxygen atoms in total. The monoisotopic (exact) mass is 428 g/mol. The number of nitrogens with zero attached hydrogens (tertiary/aromatic N) is 1. The van der Waals surface area contributed by atoms with Gasteiger partial charge in [-0.05, 0) is 36.6 Å². The highest BCUT2D eigenvalue weighted by Crippen LogP contribution is 2.40. The Morgan fingerprint density at radius 2 is 2.03 bits per heavy atom. The van der Waals surface area contributed by atoms with Crippen LogP contribution in [0.5, 0.6) is 5.75 Å². The van der Waals surface area contributed by atoms with Crippen molar-refractivity contribution in [1.82, 2.24) is 10.2 Å². The second-order valence-electron chi connectivity index (χ2n) is 7.62. The lowest BCUT2D eigenvalue weighted by molar-refractivity contribution is -0.143. The molecule has 1 N–H and O–H groups in total. The smallest absolute Gasteiger partial charge is 0.225 e. The van der Waals surface area contributed by atoms with Crippen molar-refractivity contribution in [3.05, 3.63) is 64.7 Å². The van der Waals surface area contributed by atoms with Crippen molar-refractivity contribution in [3.63, 3.8) is 0 Å². The maximum Gasteiger partial charge on any atom is 0.225 e. The Kier molecular flexibility index (Phi) is 7.75. The summed E-state index contributed by atoms with van der Waals surface area (Å²) in [5.41, 5.74) is 1.83. The molecule has 2 aromatic carbocycles. The first-order chi connectivity index (χ1) is 14.5. The summed E-state index contributed by atoms with van der Waals surface area (Å²) in [6.45, 7) is 3.13. The first-order valence-corrected chi connectivity index (χ1v) is 10.9. The van der Waals surface area contributed by atoms with Gasteiger partial charge in [0.05, 0.1) is 19.1 Å². The Balaban J connectivity index is 1.87. The second kappa shape index (κ2) is 10.5. The minimum absolute atomic E-state index is 0.0557. The van der Waals surface area contributed by atoms with E-state index in [0.717, 1.165) is 24.0 Å². The van der Waals surface area contributed by atoms with Crippen LogP contribution < -0.4 is 10.1 Å². The number of nitrogens with one attached hydrogen (secondary N) is 1. The molecule has 6 heteroatoms. The lowest BCUT2D eigenvalue weighted by Crippen LogP contribution is -2.48. The van der Waals surface area contributed by atoms with Gasteiger partial charge >= 0.3 is 0 Å². The summed E-state index contributed by atoms with van der Waals surface area (Å²) in [4.78, 5) is 27.9. The van der Waals surface area contributed by atoms with Crippen LogP contribution in [0, 0.1) is 5.92 Å². The molecule has 0 radical (unpaired) electrons. The molecule has 1 heterocycles. The van der Waals surface area contributed by atoms with Crippen molar-refractivity contribution < 1.29 is 14.3 Å². The minimum Gasteiger partial charge on any atom is -0.496 e. The molecule has 2 amide bonds. The normalized spacial score (nSPS) is 18.9. The van der Waals surface area contributed by atoms with Crippen LogP contribution in [0.3, 0.4) is 0 Å². The van der Waals surface area contributed by atoms with Crippen molar-refractivity contribution >= 4 is 23.4 Å². The van der Waals surface area contributed by atoms with Gasteiger partial charge in [-0.2, -0.15) is 0 Å². The van der Waals surface area contributed by atoms with Crippen molar-refractivity contribution in [2.24, 2.45) is 5.92 Å². The first kappa shape index (κ1) is 22.2. The molecule has 0 saturated carbocycles. The number of piperidine rings is 1. The molecule has 1 aliphatic heterocycles. The van der Waals surface area contributed by atoms with E-state index >= 15 is 0 Å². The number of hydrogen-bond acceptors (Lipinski definition) is 3. The fourth-order valence-electron chi connectivity index (χ4n) is 4.08. The highest BCUT2D eigenvalue weighted by Gasteiger charge is 2.41. The third-order valence-corrected chi connectivity index (χ3v) is 5.84. The SMILES string of the molecule is CCCCN1C(=O)CC[C@H](C(=O)NCc2cccc(Cl)c2)[C@@H]1c1ccccc1OC. The molecule has 0 unspecified atom stereocenters. The molecule has 2 aromatic rings. The Morgan fingerprint density at radius 1 is 1.23 bits per heavy atom. The molecule has 1 aliphatic rings. The van der Waals surface area contributed by atoms with E-state index in [1.54, 1.807) is 7.11 Å². The van der Waals surface area contributed by atoms with E-state index in [-0.39, 0.29) is 23.8 Å². The van der Waals surface area contributed by atoms with E-state index in [2.05, 4.69) is 12.2 Å². The van der Waals surface area contributed by atoms with E-state index in [0.29, 0.717) is 36.7 Å². The van der Waals surface area contributed by atoms with Crippen LogP contribution >= 0.6 is 11.6 Å². The number of benzene rings is 2. The highest BCUT2D eigenvalue weighted by molar-refractivity contribution is 6.30. The summed E-state index contributed by atoms with van der Waals surface area (Å²) in [5, 5.41) is 3.69. The zero-order valence-electron chi connectivity index (χ0n) is 17.6. The third kappa shape index (κ3) is 5.14. The number of ether oxygens (including phenoxy) is 1. The maximum absolute atomic E-state index is 13.2. The molecule has 0 aromatic heterocycles. The molecular weight excluding hydrogens is 400 g/mol. The highest BCUT2D eigenvalue weighted by atomic mass is 35.5. The van der Waals surface area contributed by atoms with Gasteiger partial charge in [-0.3, -0.25) is 9.59 Å². The van der Waals surface area contributed by atoms with Crippen LogP contribution in [0.4, 0.5) is 0 Å². The molecular formula is C24H29ClN2O3. The standard InChI is InChI=1S/C24H29ClN2O3/c1-3-4-14-27-22(28)13-12-20(23(27)19-10-5-6-11-21(19)30-2)24(29)26-16-17-8-7-9-18(25)15-17/h5-11,15,20,23H,3-4,12-14,16H2,1-2H3,(H,26,29)/t20-,23-/m0/s1. The van der Waals surface area contributed by atoms with E-state index < -0.39 is 0 Å². The summed E-state index contributed by atoms with van der Waals surface area (Å²) >= 11 is 6.06. The van der Waals surface area contributed by atoms with E-state index in [1.807, 2.05) is 53.4 Å². The largest absolute Gasteiger partial charge is 0.496 e. The van der Waals surface area contributed by atoms with Gasteiger partial charge in [0.2, 0.25) is 11.8 Å². The molecule has 1 fully saturated rings. The fourth-order valence-corrected chi connectivity index (χ4v) is 4.30. The Bertz CT molecular complexity index is 886. The first-order valence-electron chi connectivity index (χ1n) is 10.5. The van der Waals surface area contributed by atoms with E-state index in [1.165, 1.54) is 0 Å². The van der Waals surface area contributed by atoms with E-state index in [9.17, 15) is 9.59 Å². The van der Waals surface area contributed by atoms with Gasteiger partial charge in [0.1, 0.15) is 5.75 Å². The van der Waals surface area contributed by atoms with E-state index in [4.69, 9.17) is 16.3 Å². The summed E-state index contributed by atoms with van der Waals surface area (Å²) in [7, 11) is 1.62. The molecule has 1 saturated heterocycles. The number of rotatable bonds is 8. The van der Waals surface area contributed by atoms with Crippen molar-refractivity contribution in [1.29, 1.82) is 0 Å². The lowest BCUT2D eigenvalue weighted by Gasteiger charge is -2.41. The predicted octanol–water partition coefficient (Wildman–Crippen LogP) is 4.74. The molecule has 0 spiro atoms. The van der Waals surface area contributed by atoms with Gasteiger partial charge in [-0.1, -0.05) is 55.3 Å². The average molecular weight is 429 g/mol. The van der Waals surface area contributed by atoms with Gasteiger partial charge in [-0.25, -0.2) is 0 Å². The molecule has 160 valence electrons. The van der Waals surface area contributed by atoms with Crippen LogP contribution in [0.2, 0.25) is 5.02 Å². The van der Waals surface area contributed by atoms with Crippen LogP contribution in [0.15, 0.2) is 48.5 Å². The van der Waals surface area contributed by atoms with Gasteiger partial charge in [0.15, 0.2) is 0 Å². The summed E-state index contributed by atoms with van der Waals surface area (Å²) in [6, 6.07) is 14.8. The third-order valence-electron chi connectivity index (χ3n) is 5.61. The van der Waals surface area contributed by atoms with Crippen molar-refractivity contribution in [2.75, 3.05) is 13.7 Å². The van der Waals surface area contributed by atoms with Crippen LogP contribution in [0.1, 0.15) is 49.8 Å². The lowest BCUT2D eigenvalue weighted by atomic mass is 9.83. The number of hydrogen-bond donors (Lipinski definition) is 1. The van der Waals surface area contributed by atoms with Gasteiger partial charge in [0, 0.05) is 30.1 Å². The molecule has 0 bridgehead atoms. The topological polar surface area (TPSA) is 58.6 Å². The van der Waals surface area contributed by atoms with Gasteiger partial charge in [-0.15, -0.1) is 0 Å². The summed E-state index contributed by atoms with van der Waals surface area (Å²) < 4.78 is 5.57. The Morgan fingerprint density at radius 3 is 2.77 bits per heavy atom. The number of carbonyl (C=O) groups excluding carboxylic acids is 2. The minimum atomic E-state index is -0.340. The number of unbranched alkanes of at least 4 members (excludes halogenated alkanes) is 1. The number of likely N-dealkylation sites (tertiary alicyclic amines) is 1. The molecule has 3 rings (SSSR count). The zero-order valence-corrected chi connectivity index (χ0v) is 18.3. The quantitative estimate of drug-likeness (QED) is 0.660. The Labute approximate surface area is 183 Å². The number of amides is 2. The van der Waals surface area contributed by atoms with Gasteiger partial charge in [0.25, 0.3) is 0 Å². The summed E-state index contributed by atoms with van der Waals surface area (Å²) in [5.74, 6) is 0.402. The fraction of sp³-hybridized carbons (Fsp3) is 0.417. The van der Waals surface area contributed by atoms with Crippen LogP contribution in [-0.4, -0.2) is 30.4 Å². The zero-order chi connectivity index (χ0) is 21.5. The Hall–Kier alpha value is -2.53. The average Bonchev–Trinajstić information content (AvgIpc) is 2.76.